The minimum absolute atomic E-state index is 0.800. The fourth-order valence-corrected chi connectivity index (χ4v) is 1.73. The predicted molar refractivity (Wildman–Crippen MR) is 61.2 cm³/mol. The molecule has 1 aliphatic heterocycles. The summed E-state index contributed by atoms with van der Waals surface area (Å²) in [5, 5.41) is 11.1. The number of aliphatic hydroxyl groups excluding tert-OH is 1. The molecule has 0 aromatic carbocycles. The number of aromatic nitrogens is 2. The molecule has 90 valence electrons. The first-order chi connectivity index (χ1) is 7.81. The fourth-order valence-electron chi connectivity index (χ4n) is 1.73. The summed E-state index contributed by atoms with van der Waals surface area (Å²) >= 11 is 0. The molecule has 0 atom stereocenters. The van der Waals surface area contributed by atoms with Crippen LogP contribution >= 0.6 is 0 Å². The number of carbonyl (C=O) groups is 1. The van der Waals surface area contributed by atoms with E-state index in [1.807, 2.05) is 17.8 Å². The summed E-state index contributed by atoms with van der Waals surface area (Å²) in [5.74, 6) is 1.12. The number of aryl methyl sites for hydroxylation is 1. The summed E-state index contributed by atoms with van der Waals surface area (Å²) in [6.45, 7) is 3.37. The van der Waals surface area contributed by atoms with Crippen molar-refractivity contribution in [3.05, 3.63) is 12.3 Å². The second kappa shape index (κ2) is 6.12. The topological polar surface area (TPSA) is 61.6 Å². The molecule has 16 heavy (non-hydrogen) atoms. The summed E-state index contributed by atoms with van der Waals surface area (Å²) in [6, 6.07) is 2.00. The SMILES string of the molecule is CO.Cn1nccc1N1CCN(C=O)CC1. The first-order valence-electron chi connectivity index (χ1n) is 5.18. The maximum Gasteiger partial charge on any atom is 0.209 e. The van der Waals surface area contributed by atoms with Crippen molar-refractivity contribution in [1.82, 2.24) is 14.7 Å². The van der Waals surface area contributed by atoms with Crippen molar-refractivity contribution < 1.29 is 9.90 Å². The molecule has 0 aliphatic carbocycles. The Hall–Kier alpha value is -1.56. The Balaban J connectivity index is 0.000000606. The van der Waals surface area contributed by atoms with E-state index in [4.69, 9.17) is 5.11 Å². The molecule has 1 aliphatic rings. The lowest BCUT2D eigenvalue weighted by Gasteiger charge is -2.33. The lowest BCUT2D eigenvalue weighted by molar-refractivity contribution is -0.118. The maximum atomic E-state index is 10.5. The zero-order valence-corrected chi connectivity index (χ0v) is 9.70. The highest BCUT2D eigenvalue weighted by Crippen LogP contribution is 2.13. The second-order valence-electron chi connectivity index (χ2n) is 3.44. The van der Waals surface area contributed by atoms with Crippen molar-refractivity contribution in [2.75, 3.05) is 38.2 Å². The summed E-state index contributed by atoms with van der Waals surface area (Å²) in [5.41, 5.74) is 0. The number of rotatable bonds is 2. The molecule has 1 N–H and O–H groups in total. The van der Waals surface area contributed by atoms with Crippen LogP contribution in [0.1, 0.15) is 0 Å². The zero-order valence-electron chi connectivity index (χ0n) is 9.70. The molecule has 1 saturated heterocycles. The Labute approximate surface area is 95.1 Å². The quantitative estimate of drug-likeness (QED) is 0.678. The Bertz CT molecular complexity index is 318. The number of aliphatic hydroxyl groups is 1. The van der Waals surface area contributed by atoms with Gasteiger partial charge in [0.05, 0.1) is 6.20 Å². The largest absolute Gasteiger partial charge is 0.400 e. The van der Waals surface area contributed by atoms with Gasteiger partial charge in [-0.2, -0.15) is 5.10 Å². The summed E-state index contributed by atoms with van der Waals surface area (Å²) in [6.07, 6.45) is 2.71. The van der Waals surface area contributed by atoms with Crippen LogP contribution in [0.2, 0.25) is 0 Å². The Morgan fingerprint density at radius 1 is 1.31 bits per heavy atom. The molecule has 2 rings (SSSR count). The van der Waals surface area contributed by atoms with Gasteiger partial charge in [0.15, 0.2) is 0 Å². The molecule has 1 amide bonds. The highest BCUT2D eigenvalue weighted by atomic mass is 16.2. The third-order valence-electron chi connectivity index (χ3n) is 2.58. The van der Waals surface area contributed by atoms with Gasteiger partial charge in [-0.25, -0.2) is 0 Å². The van der Waals surface area contributed by atoms with Gasteiger partial charge in [0.2, 0.25) is 6.41 Å². The number of hydrogen-bond donors (Lipinski definition) is 1. The number of piperazine rings is 1. The normalized spacial score (nSPS) is 15.4. The number of amides is 1. The molecule has 6 heteroatoms. The fraction of sp³-hybridized carbons (Fsp3) is 0.600. The average Bonchev–Trinajstić information content (AvgIpc) is 2.78. The van der Waals surface area contributed by atoms with Crippen LogP contribution in [0.15, 0.2) is 12.3 Å². The summed E-state index contributed by atoms with van der Waals surface area (Å²) in [4.78, 5) is 14.6. The van der Waals surface area contributed by atoms with Crippen molar-refractivity contribution in [1.29, 1.82) is 0 Å². The van der Waals surface area contributed by atoms with E-state index in [1.54, 1.807) is 11.1 Å². The van der Waals surface area contributed by atoms with Gasteiger partial charge in [0.25, 0.3) is 0 Å². The Kier molecular flexibility index (Phi) is 4.78. The van der Waals surface area contributed by atoms with Crippen LogP contribution in [0.5, 0.6) is 0 Å². The maximum absolute atomic E-state index is 10.5. The molecule has 1 aromatic heterocycles. The molecule has 1 fully saturated rings. The summed E-state index contributed by atoms with van der Waals surface area (Å²) in [7, 11) is 2.93. The van der Waals surface area contributed by atoms with Crippen LogP contribution in [0.4, 0.5) is 5.82 Å². The zero-order chi connectivity index (χ0) is 12.0. The molecule has 0 spiro atoms. The van der Waals surface area contributed by atoms with E-state index in [0.29, 0.717) is 0 Å². The number of nitrogens with zero attached hydrogens (tertiary/aromatic N) is 4. The third-order valence-corrected chi connectivity index (χ3v) is 2.58. The lowest BCUT2D eigenvalue weighted by Crippen LogP contribution is -2.46. The van der Waals surface area contributed by atoms with Crippen LogP contribution in [-0.4, -0.2) is 59.5 Å². The molecule has 0 saturated carbocycles. The Morgan fingerprint density at radius 2 is 1.94 bits per heavy atom. The second-order valence-corrected chi connectivity index (χ2v) is 3.44. The van der Waals surface area contributed by atoms with Gasteiger partial charge in [-0.1, -0.05) is 0 Å². The highest BCUT2D eigenvalue weighted by Gasteiger charge is 2.17. The van der Waals surface area contributed by atoms with Crippen LogP contribution in [0, 0.1) is 0 Å². The average molecular weight is 226 g/mol. The van der Waals surface area contributed by atoms with E-state index in [0.717, 1.165) is 45.5 Å². The van der Waals surface area contributed by atoms with Gasteiger partial charge in [-0.05, 0) is 0 Å². The predicted octanol–water partition coefficient (Wildman–Crippen LogP) is -0.693. The van der Waals surface area contributed by atoms with E-state index in [1.165, 1.54) is 0 Å². The first kappa shape index (κ1) is 12.5. The van der Waals surface area contributed by atoms with E-state index in [9.17, 15) is 4.79 Å². The molecule has 1 aromatic rings. The Morgan fingerprint density at radius 3 is 2.38 bits per heavy atom. The van der Waals surface area contributed by atoms with Crippen molar-refractivity contribution in [3.8, 4) is 0 Å². The van der Waals surface area contributed by atoms with Crippen LogP contribution < -0.4 is 4.90 Å². The van der Waals surface area contributed by atoms with Gasteiger partial charge in [-0.15, -0.1) is 0 Å². The molecule has 0 unspecified atom stereocenters. The van der Waals surface area contributed by atoms with Gasteiger partial charge in [-0.3, -0.25) is 9.48 Å². The van der Waals surface area contributed by atoms with Crippen LogP contribution in [-0.2, 0) is 11.8 Å². The summed E-state index contributed by atoms with van der Waals surface area (Å²) < 4.78 is 1.86. The first-order valence-corrected chi connectivity index (χ1v) is 5.18. The number of hydrogen-bond acceptors (Lipinski definition) is 4. The molecule has 0 bridgehead atoms. The monoisotopic (exact) mass is 226 g/mol. The van der Waals surface area contributed by atoms with E-state index < -0.39 is 0 Å². The minimum atomic E-state index is 0.800. The molecular weight excluding hydrogens is 208 g/mol. The van der Waals surface area contributed by atoms with Gasteiger partial charge < -0.3 is 14.9 Å². The van der Waals surface area contributed by atoms with Crippen molar-refractivity contribution in [2.24, 2.45) is 7.05 Å². The van der Waals surface area contributed by atoms with E-state index in [2.05, 4.69) is 10.00 Å². The van der Waals surface area contributed by atoms with Crippen LogP contribution in [0.25, 0.3) is 0 Å². The minimum Gasteiger partial charge on any atom is -0.400 e. The highest BCUT2D eigenvalue weighted by molar-refractivity contribution is 5.49. The van der Waals surface area contributed by atoms with Crippen molar-refractivity contribution >= 4 is 12.2 Å². The van der Waals surface area contributed by atoms with E-state index in [-0.39, 0.29) is 0 Å². The van der Waals surface area contributed by atoms with Crippen molar-refractivity contribution in [2.45, 2.75) is 0 Å². The van der Waals surface area contributed by atoms with E-state index >= 15 is 0 Å². The van der Waals surface area contributed by atoms with Crippen molar-refractivity contribution in [3.63, 3.8) is 0 Å². The molecular formula is C10H18N4O2. The van der Waals surface area contributed by atoms with Gasteiger partial charge >= 0.3 is 0 Å². The van der Waals surface area contributed by atoms with Gasteiger partial charge in [0, 0.05) is 46.4 Å². The van der Waals surface area contributed by atoms with Crippen LogP contribution in [0.3, 0.4) is 0 Å². The number of carbonyl (C=O) groups excluding carboxylic acids is 1. The standard InChI is InChI=1S/C9H14N4O.CH4O/c1-11-9(2-3-10-11)13-6-4-12(8-14)5-7-13;1-2/h2-3,8H,4-7H2,1H3;2H,1H3. The smallest absolute Gasteiger partial charge is 0.209 e. The molecule has 0 radical (unpaired) electrons. The number of anilines is 1. The third kappa shape index (κ3) is 2.73. The van der Waals surface area contributed by atoms with Gasteiger partial charge in [0.1, 0.15) is 5.82 Å². The molecule has 2 heterocycles. The molecule has 6 nitrogen and oxygen atoms in total. The lowest BCUT2D eigenvalue weighted by atomic mass is 10.3.